The molecule has 0 aromatic heterocycles. The van der Waals surface area contributed by atoms with Gasteiger partial charge in [-0.15, -0.1) is 0 Å². The molecule has 2 N–H and O–H groups in total. The first kappa shape index (κ1) is 7.40. The van der Waals surface area contributed by atoms with Crippen LogP contribution in [0.15, 0.2) is 30.3 Å². The minimum atomic E-state index is 0. The molecule has 0 amide bonds. The van der Waals surface area contributed by atoms with E-state index in [9.17, 15) is 0 Å². The Morgan fingerprint density at radius 2 is 1.50 bits per heavy atom. The van der Waals surface area contributed by atoms with Crippen molar-refractivity contribution in [2.45, 2.75) is 0 Å². The van der Waals surface area contributed by atoms with Crippen molar-refractivity contribution in [1.29, 1.82) is 0 Å². The predicted molar refractivity (Wildman–Crippen MR) is 39.6 cm³/mol. The smallest absolute Gasteiger partial charge is 0.0384 e. The second kappa shape index (κ2) is 3.41. The third-order valence-electron chi connectivity index (χ3n) is 0.940. The molecule has 0 fully saturated rings. The van der Waals surface area contributed by atoms with Crippen LogP contribution in [-0.2, 0) is 0 Å². The summed E-state index contributed by atoms with van der Waals surface area (Å²) < 4.78 is 0. The standard InChI is InChI=1S/C6H8Si.H2O/c7-6-4-2-1-3-5-6;/h1-5H,7H3;1H2. The van der Waals surface area contributed by atoms with Crippen LogP contribution in [0.3, 0.4) is 0 Å². The second-order valence-electron chi connectivity index (χ2n) is 1.65. The minimum Gasteiger partial charge on any atom is -0.412 e. The van der Waals surface area contributed by atoms with Gasteiger partial charge >= 0.3 is 0 Å². The van der Waals surface area contributed by atoms with Crippen molar-refractivity contribution in [2.24, 2.45) is 0 Å². The third kappa shape index (κ3) is 1.91. The molecule has 8 heavy (non-hydrogen) atoms. The van der Waals surface area contributed by atoms with Gasteiger partial charge in [0, 0.05) is 10.2 Å². The van der Waals surface area contributed by atoms with Crippen molar-refractivity contribution in [1.82, 2.24) is 0 Å². The van der Waals surface area contributed by atoms with Gasteiger partial charge in [-0.2, -0.15) is 0 Å². The molecule has 1 rings (SSSR count). The minimum absolute atomic E-state index is 0. The molecule has 0 spiro atoms. The van der Waals surface area contributed by atoms with Gasteiger partial charge in [-0.1, -0.05) is 35.5 Å². The Hall–Kier alpha value is -0.603. The van der Waals surface area contributed by atoms with E-state index in [-0.39, 0.29) is 5.48 Å². The fourth-order valence-corrected chi connectivity index (χ4v) is 0.919. The highest BCUT2D eigenvalue weighted by molar-refractivity contribution is 6.32. The molecule has 1 aromatic rings. The molecule has 1 nitrogen and oxygen atoms in total. The van der Waals surface area contributed by atoms with E-state index in [2.05, 4.69) is 24.3 Å². The highest BCUT2D eigenvalue weighted by atomic mass is 28.1. The molecule has 44 valence electrons. The highest BCUT2D eigenvalue weighted by Crippen LogP contribution is 1.76. The fourth-order valence-electron chi connectivity index (χ4n) is 0.534. The first-order valence-electron chi connectivity index (χ1n) is 2.41. The summed E-state index contributed by atoms with van der Waals surface area (Å²) in [6.07, 6.45) is 0. The quantitative estimate of drug-likeness (QED) is 0.393. The number of benzene rings is 1. The monoisotopic (exact) mass is 126 g/mol. The lowest BCUT2D eigenvalue weighted by molar-refractivity contribution is 0.824. The lowest BCUT2D eigenvalue weighted by Crippen LogP contribution is -1.97. The summed E-state index contributed by atoms with van der Waals surface area (Å²) in [5.41, 5.74) is 0. The Labute approximate surface area is 52.1 Å². The van der Waals surface area contributed by atoms with Crippen LogP contribution < -0.4 is 5.19 Å². The third-order valence-corrected chi connectivity index (χ3v) is 1.61. The summed E-state index contributed by atoms with van der Waals surface area (Å²) in [4.78, 5) is 0. The molecule has 0 radical (unpaired) electrons. The average molecular weight is 126 g/mol. The molecule has 0 aliphatic rings. The van der Waals surface area contributed by atoms with E-state index in [0.717, 1.165) is 0 Å². The molecule has 0 unspecified atom stereocenters. The van der Waals surface area contributed by atoms with E-state index in [1.54, 1.807) is 0 Å². The van der Waals surface area contributed by atoms with Crippen LogP contribution in [0.2, 0.25) is 0 Å². The summed E-state index contributed by atoms with van der Waals surface area (Å²) >= 11 is 0. The van der Waals surface area contributed by atoms with E-state index < -0.39 is 0 Å². The van der Waals surface area contributed by atoms with Gasteiger partial charge in [0.15, 0.2) is 0 Å². The SMILES string of the molecule is O.[SiH3]c1ccccc1. The number of rotatable bonds is 0. The number of hydrogen-bond donors (Lipinski definition) is 0. The van der Waals surface area contributed by atoms with Gasteiger partial charge in [0.25, 0.3) is 0 Å². The predicted octanol–water partition coefficient (Wildman–Crippen LogP) is -1.15. The van der Waals surface area contributed by atoms with Gasteiger partial charge in [0.05, 0.1) is 0 Å². The zero-order valence-corrected chi connectivity index (χ0v) is 6.89. The molecule has 0 atom stereocenters. The highest BCUT2D eigenvalue weighted by Gasteiger charge is 1.72. The first-order valence-corrected chi connectivity index (χ1v) is 3.41. The molecule has 2 heteroatoms. The van der Waals surface area contributed by atoms with Crippen molar-refractivity contribution < 1.29 is 5.48 Å². The van der Waals surface area contributed by atoms with E-state index >= 15 is 0 Å². The van der Waals surface area contributed by atoms with Gasteiger partial charge in [0.1, 0.15) is 0 Å². The van der Waals surface area contributed by atoms with Crippen LogP contribution in [0.25, 0.3) is 0 Å². The molecule has 1 aromatic carbocycles. The Morgan fingerprint density at radius 3 is 1.75 bits per heavy atom. The molecule has 0 aliphatic carbocycles. The molecule has 0 heterocycles. The summed E-state index contributed by atoms with van der Waals surface area (Å²) in [7, 11) is 1.17. The molecule has 0 aliphatic heterocycles. The maximum Gasteiger partial charge on any atom is 0.0384 e. The molecule has 0 saturated carbocycles. The Kier molecular flexibility index (Phi) is 3.15. The van der Waals surface area contributed by atoms with Crippen molar-refractivity contribution in [3.8, 4) is 0 Å². The van der Waals surface area contributed by atoms with Gasteiger partial charge < -0.3 is 5.48 Å². The fraction of sp³-hybridized carbons (Fsp3) is 0. The Morgan fingerprint density at radius 1 is 1.00 bits per heavy atom. The van der Waals surface area contributed by atoms with Gasteiger partial charge in [-0.05, 0) is 0 Å². The van der Waals surface area contributed by atoms with Crippen LogP contribution in [0.1, 0.15) is 0 Å². The van der Waals surface area contributed by atoms with Crippen LogP contribution in [-0.4, -0.2) is 15.7 Å². The first-order chi connectivity index (χ1) is 3.39. The van der Waals surface area contributed by atoms with Crippen LogP contribution in [0, 0.1) is 0 Å². The van der Waals surface area contributed by atoms with E-state index in [4.69, 9.17) is 0 Å². The van der Waals surface area contributed by atoms with E-state index in [0.29, 0.717) is 0 Å². The zero-order valence-electron chi connectivity index (χ0n) is 4.89. The summed E-state index contributed by atoms with van der Waals surface area (Å²) in [5.74, 6) is 0. The molecule has 0 bridgehead atoms. The van der Waals surface area contributed by atoms with Crippen molar-refractivity contribution >= 4 is 15.4 Å². The number of hydrogen-bond acceptors (Lipinski definition) is 0. The summed E-state index contributed by atoms with van der Waals surface area (Å²) in [6.45, 7) is 0. The summed E-state index contributed by atoms with van der Waals surface area (Å²) in [5, 5.41) is 1.46. The van der Waals surface area contributed by atoms with Gasteiger partial charge in [0.2, 0.25) is 0 Å². The van der Waals surface area contributed by atoms with Crippen LogP contribution >= 0.6 is 0 Å². The lowest BCUT2D eigenvalue weighted by atomic mass is 10.4. The second-order valence-corrected chi connectivity index (χ2v) is 2.81. The van der Waals surface area contributed by atoms with E-state index in [1.807, 2.05) is 6.07 Å². The average Bonchev–Trinajstić information content (AvgIpc) is 1.69. The Balaban J connectivity index is 0.000000490. The molecular formula is C6H10OSi. The van der Waals surface area contributed by atoms with E-state index in [1.165, 1.54) is 15.4 Å². The van der Waals surface area contributed by atoms with Crippen molar-refractivity contribution in [2.75, 3.05) is 0 Å². The van der Waals surface area contributed by atoms with Crippen molar-refractivity contribution in [3.05, 3.63) is 30.3 Å². The van der Waals surface area contributed by atoms with Gasteiger partial charge in [-0.3, -0.25) is 0 Å². The lowest BCUT2D eigenvalue weighted by Gasteiger charge is -1.82. The molecular weight excluding hydrogens is 116 g/mol. The zero-order chi connectivity index (χ0) is 5.11. The maximum absolute atomic E-state index is 2.15. The molecule has 0 saturated heterocycles. The summed E-state index contributed by atoms with van der Waals surface area (Å²) in [6, 6.07) is 10.5. The van der Waals surface area contributed by atoms with Crippen molar-refractivity contribution in [3.63, 3.8) is 0 Å². The normalized spacial score (nSPS) is 8.00. The Bertz CT molecular complexity index is 138. The van der Waals surface area contributed by atoms with Crippen LogP contribution in [0.5, 0.6) is 0 Å². The van der Waals surface area contributed by atoms with Crippen LogP contribution in [0.4, 0.5) is 0 Å². The largest absolute Gasteiger partial charge is 0.412 e. The topological polar surface area (TPSA) is 31.5 Å². The van der Waals surface area contributed by atoms with Gasteiger partial charge in [-0.25, -0.2) is 0 Å². The maximum atomic E-state index is 2.15.